The van der Waals surface area contributed by atoms with Gasteiger partial charge < -0.3 is 5.73 Å². The van der Waals surface area contributed by atoms with E-state index in [0.717, 1.165) is 19.0 Å². The van der Waals surface area contributed by atoms with Gasteiger partial charge in [0.05, 0.1) is 11.8 Å². The van der Waals surface area contributed by atoms with Crippen LogP contribution in [0.5, 0.6) is 0 Å². The third-order valence-electron chi connectivity index (χ3n) is 2.74. The van der Waals surface area contributed by atoms with E-state index in [2.05, 4.69) is 4.98 Å². The highest BCUT2D eigenvalue weighted by Crippen LogP contribution is 2.47. The number of pyridine rings is 1. The minimum absolute atomic E-state index is 0.114. The molecule has 74 valence electrons. The molecule has 0 radical (unpaired) electrons. The van der Waals surface area contributed by atoms with E-state index in [1.807, 2.05) is 0 Å². The number of ketones is 1. The predicted molar refractivity (Wildman–Crippen MR) is 49.2 cm³/mol. The van der Waals surface area contributed by atoms with E-state index in [1.54, 1.807) is 0 Å². The fraction of sp³-hybridized carbons (Fsp3) is 0.400. The van der Waals surface area contributed by atoms with E-state index in [9.17, 15) is 9.18 Å². The molecule has 2 N–H and O–H groups in total. The number of nitrogens with zero attached hydrogens (tertiary/aromatic N) is 1. The number of hydrogen-bond acceptors (Lipinski definition) is 3. The van der Waals surface area contributed by atoms with Crippen molar-refractivity contribution in [3.05, 3.63) is 29.8 Å². The third-order valence-corrected chi connectivity index (χ3v) is 2.74. The van der Waals surface area contributed by atoms with Crippen molar-refractivity contribution >= 4 is 5.78 Å². The lowest BCUT2D eigenvalue weighted by Gasteiger charge is -2.10. The number of Topliss-reactive ketones (excluding diaryl/α,β-unsaturated/α-hetero) is 1. The molecule has 14 heavy (non-hydrogen) atoms. The fourth-order valence-corrected chi connectivity index (χ4v) is 1.52. The molecule has 0 bridgehead atoms. The second kappa shape index (κ2) is 3.13. The molecule has 3 nitrogen and oxygen atoms in total. The average Bonchev–Trinajstić information content (AvgIpc) is 2.98. The van der Waals surface area contributed by atoms with E-state index in [-0.39, 0.29) is 11.3 Å². The predicted octanol–water partition coefficient (Wildman–Crippen LogP) is 1.14. The summed E-state index contributed by atoms with van der Waals surface area (Å²) in [5, 5.41) is 0. The van der Waals surface area contributed by atoms with Crippen molar-refractivity contribution in [1.29, 1.82) is 0 Å². The number of nitrogens with two attached hydrogens (primary N) is 1. The summed E-state index contributed by atoms with van der Waals surface area (Å²) < 4.78 is 13.2. The van der Waals surface area contributed by atoms with E-state index < -0.39 is 11.2 Å². The third kappa shape index (κ3) is 1.32. The van der Waals surface area contributed by atoms with Crippen LogP contribution in [0.25, 0.3) is 0 Å². The molecule has 4 heteroatoms. The number of rotatable bonds is 3. The summed E-state index contributed by atoms with van der Waals surface area (Å²) in [4.78, 5) is 15.4. The maximum absolute atomic E-state index is 13.2. The zero-order valence-corrected chi connectivity index (χ0v) is 7.66. The van der Waals surface area contributed by atoms with E-state index >= 15 is 0 Å². The first-order valence-corrected chi connectivity index (χ1v) is 4.54. The van der Waals surface area contributed by atoms with Crippen molar-refractivity contribution in [3.63, 3.8) is 0 Å². The Morgan fingerprint density at radius 3 is 2.86 bits per heavy atom. The van der Waals surface area contributed by atoms with Crippen molar-refractivity contribution in [2.45, 2.75) is 12.8 Å². The van der Waals surface area contributed by atoms with Gasteiger partial charge in [0.25, 0.3) is 0 Å². The van der Waals surface area contributed by atoms with Crippen LogP contribution in [-0.4, -0.2) is 17.3 Å². The second-order valence-corrected chi connectivity index (χ2v) is 3.67. The molecule has 2 rings (SSSR count). The quantitative estimate of drug-likeness (QED) is 0.734. The molecule has 0 spiro atoms. The Hall–Kier alpha value is -1.29. The van der Waals surface area contributed by atoms with Gasteiger partial charge in [-0.25, -0.2) is 4.39 Å². The number of halogens is 1. The molecule has 1 aliphatic carbocycles. The summed E-state index contributed by atoms with van der Waals surface area (Å²) in [5.41, 5.74) is 5.13. The maximum Gasteiger partial charge on any atom is 0.173 e. The standard InChI is InChI=1S/C10H11FN2O/c11-8-5-13-4-1-7(8)9(14)10(6-12)2-3-10/h1,4-5H,2-3,6,12H2. The van der Waals surface area contributed by atoms with Crippen LogP contribution in [0.4, 0.5) is 4.39 Å². The molecule has 0 aromatic carbocycles. The van der Waals surface area contributed by atoms with Crippen LogP contribution in [0.1, 0.15) is 23.2 Å². The summed E-state index contributed by atoms with van der Waals surface area (Å²) in [6, 6.07) is 1.41. The van der Waals surface area contributed by atoms with Gasteiger partial charge >= 0.3 is 0 Å². The van der Waals surface area contributed by atoms with Crippen LogP contribution < -0.4 is 5.73 Å². The minimum Gasteiger partial charge on any atom is -0.329 e. The Balaban J connectivity index is 2.32. The Morgan fingerprint density at radius 1 is 1.64 bits per heavy atom. The largest absolute Gasteiger partial charge is 0.329 e. The van der Waals surface area contributed by atoms with Crippen LogP contribution in [0.15, 0.2) is 18.5 Å². The van der Waals surface area contributed by atoms with E-state index in [1.165, 1.54) is 12.3 Å². The van der Waals surface area contributed by atoms with Crippen molar-refractivity contribution in [1.82, 2.24) is 4.98 Å². The lowest BCUT2D eigenvalue weighted by molar-refractivity contribution is 0.0901. The monoisotopic (exact) mass is 194 g/mol. The van der Waals surface area contributed by atoms with Crippen molar-refractivity contribution in [2.24, 2.45) is 11.1 Å². The molecule has 1 fully saturated rings. The highest BCUT2D eigenvalue weighted by molar-refractivity contribution is 6.02. The van der Waals surface area contributed by atoms with Crippen molar-refractivity contribution < 1.29 is 9.18 Å². The van der Waals surface area contributed by atoms with Gasteiger partial charge in [-0.15, -0.1) is 0 Å². The molecule has 1 heterocycles. The van der Waals surface area contributed by atoms with Gasteiger partial charge in [-0.05, 0) is 18.9 Å². The molecule has 0 amide bonds. The topological polar surface area (TPSA) is 56.0 Å². The van der Waals surface area contributed by atoms with Crippen molar-refractivity contribution in [2.75, 3.05) is 6.54 Å². The Labute approximate surface area is 81.1 Å². The maximum atomic E-state index is 13.2. The first kappa shape index (κ1) is 9.27. The SMILES string of the molecule is NCC1(C(=O)c2ccncc2F)CC1. The summed E-state index contributed by atoms with van der Waals surface area (Å²) in [6.45, 7) is 0.299. The smallest absolute Gasteiger partial charge is 0.173 e. The highest BCUT2D eigenvalue weighted by Gasteiger charge is 2.49. The lowest BCUT2D eigenvalue weighted by atomic mass is 9.95. The Morgan fingerprint density at radius 2 is 2.36 bits per heavy atom. The fourth-order valence-electron chi connectivity index (χ4n) is 1.52. The van der Waals surface area contributed by atoms with Crippen LogP contribution in [0.2, 0.25) is 0 Å². The molecular weight excluding hydrogens is 183 g/mol. The van der Waals surface area contributed by atoms with E-state index in [0.29, 0.717) is 6.54 Å². The zero-order chi connectivity index (χ0) is 10.2. The van der Waals surface area contributed by atoms with Gasteiger partial charge in [-0.1, -0.05) is 0 Å². The molecular formula is C10H11FN2O. The minimum atomic E-state index is -0.558. The van der Waals surface area contributed by atoms with Crippen LogP contribution >= 0.6 is 0 Å². The number of carbonyl (C=O) groups is 1. The van der Waals surface area contributed by atoms with Gasteiger partial charge in [-0.2, -0.15) is 0 Å². The second-order valence-electron chi connectivity index (χ2n) is 3.67. The first-order valence-electron chi connectivity index (χ1n) is 4.54. The van der Waals surface area contributed by atoms with Gasteiger partial charge in [0.2, 0.25) is 0 Å². The molecule has 1 aliphatic rings. The summed E-state index contributed by atoms with van der Waals surface area (Å²) in [7, 11) is 0. The molecule has 0 saturated heterocycles. The number of carbonyl (C=O) groups excluding carboxylic acids is 1. The molecule has 0 unspecified atom stereocenters. The average molecular weight is 194 g/mol. The van der Waals surface area contributed by atoms with E-state index in [4.69, 9.17) is 5.73 Å². The van der Waals surface area contributed by atoms with Gasteiger partial charge in [-0.3, -0.25) is 9.78 Å². The van der Waals surface area contributed by atoms with Crippen molar-refractivity contribution in [3.8, 4) is 0 Å². The van der Waals surface area contributed by atoms with Crippen LogP contribution in [0.3, 0.4) is 0 Å². The highest BCUT2D eigenvalue weighted by atomic mass is 19.1. The van der Waals surface area contributed by atoms with Gasteiger partial charge in [0, 0.05) is 18.2 Å². The zero-order valence-electron chi connectivity index (χ0n) is 7.66. The van der Waals surface area contributed by atoms with Crippen LogP contribution in [0, 0.1) is 11.2 Å². The van der Waals surface area contributed by atoms with Crippen LogP contribution in [-0.2, 0) is 0 Å². The molecule has 1 saturated carbocycles. The summed E-state index contributed by atoms with van der Waals surface area (Å²) in [5.74, 6) is -0.739. The lowest BCUT2D eigenvalue weighted by Crippen LogP contribution is -2.26. The summed E-state index contributed by atoms with van der Waals surface area (Å²) >= 11 is 0. The Kier molecular flexibility index (Phi) is 2.07. The van der Waals surface area contributed by atoms with Gasteiger partial charge in [0.1, 0.15) is 0 Å². The molecule has 1 aromatic heterocycles. The molecule has 0 atom stereocenters. The molecule has 1 aromatic rings. The molecule has 0 aliphatic heterocycles. The number of aromatic nitrogens is 1. The normalized spacial score (nSPS) is 17.9. The Bertz CT molecular complexity index is 374. The summed E-state index contributed by atoms with van der Waals surface area (Å²) in [6.07, 6.45) is 4.01. The number of hydrogen-bond donors (Lipinski definition) is 1. The van der Waals surface area contributed by atoms with Gasteiger partial charge in [0.15, 0.2) is 11.6 Å². The first-order chi connectivity index (χ1) is 6.69.